The van der Waals surface area contributed by atoms with Crippen LogP contribution in [0.15, 0.2) is 90.1 Å². The number of anilines is 2. The molecule has 4 aromatic rings. The molecule has 174 valence electrons. The van der Waals surface area contributed by atoms with Crippen LogP contribution in [0, 0.1) is 10.1 Å². The van der Waals surface area contributed by atoms with E-state index in [0.717, 1.165) is 5.56 Å². The summed E-state index contributed by atoms with van der Waals surface area (Å²) in [7, 11) is 0. The molecule has 10 heteroatoms. The molecule has 0 radical (unpaired) electrons. The molecule has 1 atom stereocenters. The number of carbonyl (C=O) groups excluding carboxylic acids is 1. The van der Waals surface area contributed by atoms with E-state index in [1.165, 1.54) is 12.1 Å². The molecule has 0 saturated carbocycles. The Hall–Kier alpha value is -4.50. The van der Waals surface area contributed by atoms with Crippen LogP contribution < -0.4 is 10.6 Å². The van der Waals surface area contributed by atoms with Gasteiger partial charge in [-0.15, -0.1) is 5.10 Å². The van der Waals surface area contributed by atoms with Gasteiger partial charge in [-0.2, -0.15) is 4.98 Å². The molecule has 3 aromatic carbocycles. The lowest BCUT2D eigenvalue weighted by Crippen LogP contribution is -2.31. The van der Waals surface area contributed by atoms with E-state index in [4.69, 9.17) is 11.6 Å². The summed E-state index contributed by atoms with van der Waals surface area (Å²) in [6.07, 6.45) is 0. The number of amides is 1. The number of benzene rings is 3. The van der Waals surface area contributed by atoms with Gasteiger partial charge in [0.2, 0.25) is 5.95 Å². The van der Waals surface area contributed by atoms with E-state index in [1.807, 2.05) is 24.3 Å². The second kappa shape index (κ2) is 9.03. The lowest BCUT2D eigenvalue weighted by atomic mass is 9.95. The number of nitro groups is 1. The molecule has 1 amide bonds. The highest BCUT2D eigenvalue weighted by molar-refractivity contribution is 6.30. The van der Waals surface area contributed by atoms with Gasteiger partial charge in [-0.3, -0.25) is 14.9 Å². The molecule has 0 bridgehead atoms. The van der Waals surface area contributed by atoms with E-state index >= 15 is 0 Å². The van der Waals surface area contributed by atoms with Crippen molar-refractivity contribution in [1.29, 1.82) is 0 Å². The molecule has 1 aliphatic rings. The van der Waals surface area contributed by atoms with E-state index in [9.17, 15) is 14.9 Å². The average Bonchev–Trinajstić information content (AvgIpc) is 3.27. The highest BCUT2D eigenvalue weighted by Gasteiger charge is 2.34. The topological polar surface area (TPSA) is 115 Å². The molecule has 1 aliphatic heterocycles. The lowest BCUT2D eigenvalue weighted by molar-refractivity contribution is -0.384. The quantitative estimate of drug-likeness (QED) is 0.287. The predicted octanol–water partition coefficient (Wildman–Crippen LogP) is 5.43. The SMILES string of the molecule is CC1=C(C(=O)Nc2ccccc2)C(c2ccc([N+](=O)[O-])cc2)n2nc(-c3cccc(Cl)c3)nc2N1. The molecule has 1 aromatic heterocycles. The van der Waals surface area contributed by atoms with Crippen LogP contribution in [0.25, 0.3) is 11.4 Å². The average molecular weight is 487 g/mol. The molecule has 5 rings (SSSR count). The maximum Gasteiger partial charge on any atom is 0.269 e. The Bertz CT molecular complexity index is 1460. The first-order valence-electron chi connectivity index (χ1n) is 10.7. The Labute approximate surface area is 205 Å². The zero-order valence-electron chi connectivity index (χ0n) is 18.5. The third-order valence-electron chi connectivity index (χ3n) is 5.63. The zero-order chi connectivity index (χ0) is 24.5. The van der Waals surface area contributed by atoms with Gasteiger partial charge in [-0.05, 0) is 48.9 Å². The van der Waals surface area contributed by atoms with Crippen molar-refractivity contribution in [3.05, 3.63) is 111 Å². The van der Waals surface area contributed by atoms with Gasteiger partial charge in [0, 0.05) is 34.1 Å². The monoisotopic (exact) mass is 486 g/mol. The van der Waals surface area contributed by atoms with Crippen LogP contribution in [-0.2, 0) is 4.79 Å². The fourth-order valence-corrected chi connectivity index (χ4v) is 4.19. The summed E-state index contributed by atoms with van der Waals surface area (Å²) in [4.78, 5) is 28.8. The predicted molar refractivity (Wildman–Crippen MR) is 133 cm³/mol. The maximum absolute atomic E-state index is 13.5. The molecule has 1 unspecified atom stereocenters. The van der Waals surface area contributed by atoms with E-state index < -0.39 is 11.0 Å². The second-order valence-corrected chi connectivity index (χ2v) is 8.39. The highest BCUT2D eigenvalue weighted by atomic mass is 35.5. The third-order valence-corrected chi connectivity index (χ3v) is 5.87. The molecule has 0 aliphatic carbocycles. The molecule has 35 heavy (non-hydrogen) atoms. The molecular formula is C25H19ClN6O3. The minimum atomic E-state index is -0.670. The molecule has 2 heterocycles. The van der Waals surface area contributed by atoms with Crippen LogP contribution in [0.4, 0.5) is 17.3 Å². The van der Waals surface area contributed by atoms with Crippen molar-refractivity contribution < 1.29 is 9.72 Å². The minimum Gasteiger partial charge on any atom is -0.328 e. The standard InChI is InChI=1S/C25H19ClN6O3/c1-15-21(24(33)28-19-8-3-2-4-9-19)22(16-10-12-20(13-11-16)32(34)35)31-25(27-15)29-23(30-31)17-6-5-7-18(26)14-17/h2-14,22H,1H3,(H,28,33)(H,27,29,30). The van der Waals surface area contributed by atoms with E-state index in [2.05, 4.69) is 20.7 Å². The Morgan fingerprint density at radius 2 is 1.83 bits per heavy atom. The number of hydrogen-bond acceptors (Lipinski definition) is 6. The summed E-state index contributed by atoms with van der Waals surface area (Å²) in [5, 5.41) is 22.5. The van der Waals surface area contributed by atoms with Crippen LogP contribution in [0.5, 0.6) is 0 Å². The van der Waals surface area contributed by atoms with Crippen molar-refractivity contribution in [3.63, 3.8) is 0 Å². The Balaban J connectivity index is 1.61. The fourth-order valence-electron chi connectivity index (χ4n) is 4.00. The summed E-state index contributed by atoms with van der Waals surface area (Å²) >= 11 is 6.16. The van der Waals surface area contributed by atoms with Gasteiger partial charge in [0.25, 0.3) is 11.6 Å². The minimum absolute atomic E-state index is 0.0443. The van der Waals surface area contributed by atoms with Crippen LogP contribution in [0.3, 0.4) is 0 Å². The van der Waals surface area contributed by atoms with Gasteiger partial charge < -0.3 is 10.6 Å². The maximum atomic E-state index is 13.5. The van der Waals surface area contributed by atoms with Crippen molar-refractivity contribution >= 4 is 34.8 Å². The van der Waals surface area contributed by atoms with Gasteiger partial charge in [0.15, 0.2) is 5.82 Å². The van der Waals surface area contributed by atoms with Crippen molar-refractivity contribution in [2.45, 2.75) is 13.0 Å². The first kappa shape index (κ1) is 22.3. The van der Waals surface area contributed by atoms with Crippen molar-refractivity contribution in [3.8, 4) is 11.4 Å². The molecular weight excluding hydrogens is 468 g/mol. The Morgan fingerprint density at radius 1 is 1.09 bits per heavy atom. The summed E-state index contributed by atoms with van der Waals surface area (Å²) in [5.41, 5.74) is 2.98. The number of allylic oxidation sites excluding steroid dienone is 1. The number of para-hydroxylation sites is 1. The Kier molecular flexibility index (Phi) is 5.76. The lowest BCUT2D eigenvalue weighted by Gasteiger charge is -2.28. The van der Waals surface area contributed by atoms with Crippen LogP contribution in [0.1, 0.15) is 18.5 Å². The van der Waals surface area contributed by atoms with E-state index in [-0.39, 0.29) is 11.6 Å². The number of halogens is 1. The first-order valence-corrected chi connectivity index (χ1v) is 11.1. The number of aromatic nitrogens is 3. The number of non-ortho nitro benzene ring substituents is 1. The van der Waals surface area contributed by atoms with Gasteiger partial charge in [-0.1, -0.05) is 41.9 Å². The van der Waals surface area contributed by atoms with Crippen molar-refractivity contribution in [2.75, 3.05) is 10.6 Å². The fraction of sp³-hybridized carbons (Fsp3) is 0.0800. The van der Waals surface area contributed by atoms with Crippen molar-refractivity contribution in [2.24, 2.45) is 0 Å². The highest BCUT2D eigenvalue weighted by Crippen LogP contribution is 2.37. The van der Waals surface area contributed by atoms with E-state index in [0.29, 0.717) is 39.3 Å². The van der Waals surface area contributed by atoms with E-state index in [1.54, 1.807) is 54.1 Å². The largest absolute Gasteiger partial charge is 0.328 e. The normalized spacial score (nSPS) is 14.7. The molecule has 9 nitrogen and oxygen atoms in total. The van der Waals surface area contributed by atoms with Gasteiger partial charge in [-0.25, -0.2) is 4.68 Å². The zero-order valence-corrected chi connectivity index (χ0v) is 19.2. The molecule has 0 fully saturated rings. The smallest absolute Gasteiger partial charge is 0.269 e. The number of rotatable bonds is 5. The second-order valence-electron chi connectivity index (χ2n) is 7.95. The summed E-state index contributed by atoms with van der Waals surface area (Å²) in [6.45, 7) is 1.79. The van der Waals surface area contributed by atoms with Gasteiger partial charge in [0.1, 0.15) is 6.04 Å². The number of hydrogen-bond donors (Lipinski definition) is 2. The third kappa shape index (κ3) is 4.36. The van der Waals surface area contributed by atoms with Gasteiger partial charge >= 0.3 is 0 Å². The van der Waals surface area contributed by atoms with Crippen LogP contribution in [-0.4, -0.2) is 25.6 Å². The summed E-state index contributed by atoms with van der Waals surface area (Å²) in [6, 6.07) is 21.7. The number of nitro benzene ring substituents is 1. The molecule has 0 saturated heterocycles. The molecule has 2 N–H and O–H groups in total. The Morgan fingerprint density at radius 3 is 2.51 bits per heavy atom. The first-order chi connectivity index (χ1) is 16.9. The number of carbonyl (C=O) groups is 1. The van der Waals surface area contributed by atoms with Crippen molar-refractivity contribution in [1.82, 2.24) is 14.8 Å². The summed E-state index contributed by atoms with van der Waals surface area (Å²) < 4.78 is 1.62. The van der Waals surface area contributed by atoms with Gasteiger partial charge in [0.05, 0.1) is 10.5 Å². The summed E-state index contributed by atoms with van der Waals surface area (Å²) in [5.74, 6) is 0.548. The number of nitrogens with zero attached hydrogens (tertiary/aromatic N) is 4. The number of fused-ring (bicyclic) bond motifs is 1. The van der Waals surface area contributed by atoms with Crippen LogP contribution in [0.2, 0.25) is 5.02 Å². The molecule has 0 spiro atoms. The number of nitrogens with one attached hydrogen (secondary N) is 2. The van der Waals surface area contributed by atoms with Crippen LogP contribution >= 0.6 is 11.6 Å².